The summed E-state index contributed by atoms with van der Waals surface area (Å²) in [6.45, 7) is 7.95. The van der Waals surface area contributed by atoms with Crippen LogP contribution in [0.5, 0.6) is 5.88 Å². The summed E-state index contributed by atoms with van der Waals surface area (Å²) < 4.78 is 5.42. The van der Waals surface area contributed by atoms with Crippen molar-refractivity contribution in [2.75, 3.05) is 13.7 Å². The van der Waals surface area contributed by atoms with Crippen LogP contribution in [0.2, 0.25) is 0 Å². The van der Waals surface area contributed by atoms with E-state index in [9.17, 15) is 0 Å². The van der Waals surface area contributed by atoms with Crippen LogP contribution in [0.4, 0.5) is 0 Å². The molecule has 0 saturated heterocycles. The summed E-state index contributed by atoms with van der Waals surface area (Å²) in [5.41, 5.74) is 1.45. The maximum absolute atomic E-state index is 5.42. The molecule has 0 aromatic carbocycles. The van der Waals surface area contributed by atoms with Gasteiger partial charge in [-0.25, -0.2) is 4.98 Å². The predicted molar refractivity (Wildman–Crippen MR) is 85.4 cm³/mol. The quantitative estimate of drug-likeness (QED) is 0.867. The molecule has 1 aliphatic rings. The topological polar surface area (TPSA) is 47.0 Å². The maximum Gasteiger partial charge on any atom is 0.237 e. The van der Waals surface area contributed by atoms with Crippen LogP contribution in [0.15, 0.2) is 12.4 Å². The molecule has 21 heavy (non-hydrogen) atoms. The summed E-state index contributed by atoms with van der Waals surface area (Å²) in [7, 11) is 1.67. The first-order chi connectivity index (χ1) is 10.1. The summed E-state index contributed by atoms with van der Waals surface area (Å²) in [4.78, 5) is 8.89. The molecule has 0 radical (unpaired) electrons. The van der Waals surface area contributed by atoms with Gasteiger partial charge in [0.1, 0.15) is 5.69 Å². The van der Waals surface area contributed by atoms with E-state index in [0.717, 1.165) is 18.7 Å². The Morgan fingerprint density at radius 1 is 1.29 bits per heavy atom. The highest BCUT2D eigenvalue weighted by Gasteiger charge is 2.33. The molecule has 1 unspecified atom stereocenters. The highest BCUT2D eigenvalue weighted by atomic mass is 16.5. The van der Waals surface area contributed by atoms with Crippen LogP contribution >= 0.6 is 0 Å². The number of hydrogen-bond donors (Lipinski definition) is 1. The molecule has 1 aromatic heterocycles. The van der Waals surface area contributed by atoms with Crippen molar-refractivity contribution in [3.05, 3.63) is 18.1 Å². The van der Waals surface area contributed by atoms with Gasteiger partial charge in [-0.1, -0.05) is 20.8 Å². The van der Waals surface area contributed by atoms with Crippen LogP contribution < -0.4 is 10.1 Å². The standard InChI is InChI=1S/C17H29N3O/c1-5-10-18-14(13-6-8-17(2,3)9-7-13)15-16(21-4)20-12-11-19-15/h11-14,18H,5-10H2,1-4H3. The molecule has 1 aromatic rings. The SMILES string of the molecule is CCCNC(c1nccnc1OC)C1CCC(C)(C)CC1. The monoisotopic (exact) mass is 291 g/mol. The Kier molecular flexibility index (Phi) is 5.57. The first kappa shape index (κ1) is 16.2. The van der Waals surface area contributed by atoms with Gasteiger partial charge in [0.2, 0.25) is 5.88 Å². The van der Waals surface area contributed by atoms with Gasteiger partial charge in [0.05, 0.1) is 13.2 Å². The zero-order valence-corrected chi connectivity index (χ0v) is 13.9. The minimum atomic E-state index is 0.254. The number of nitrogens with one attached hydrogen (secondary N) is 1. The van der Waals surface area contributed by atoms with Crippen LogP contribution in [0.3, 0.4) is 0 Å². The Morgan fingerprint density at radius 2 is 1.95 bits per heavy atom. The molecule has 1 fully saturated rings. The van der Waals surface area contributed by atoms with E-state index in [1.165, 1.54) is 25.7 Å². The average Bonchev–Trinajstić information content (AvgIpc) is 2.49. The molecule has 1 aliphatic carbocycles. The summed E-state index contributed by atoms with van der Waals surface area (Å²) in [5, 5.41) is 3.67. The van der Waals surface area contributed by atoms with Crippen molar-refractivity contribution < 1.29 is 4.74 Å². The molecule has 1 saturated carbocycles. The fourth-order valence-corrected chi connectivity index (χ4v) is 3.25. The number of methoxy groups -OCH3 is 1. The fourth-order valence-electron chi connectivity index (χ4n) is 3.25. The van der Waals surface area contributed by atoms with Gasteiger partial charge in [-0.05, 0) is 50.0 Å². The summed E-state index contributed by atoms with van der Waals surface area (Å²) in [6, 6.07) is 0.254. The minimum Gasteiger partial charge on any atom is -0.480 e. The molecule has 118 valence electrons. The Morgan fingerprint density at radius 3 is 2.57 bits per heavy atom. The zero-order valence-electron chi connectivity index (χ0n) is 13.9. The van der Waals surface area contributed by atoms with Gasteiger partial charge in [-0.15, -0.1) is 0 Å². The minimum absolute atomic E-state index is 0.254. The second-order valence-corrected chi connectivity index (χ2v) is 6.88. The van der Waals surface area contributed by atoms with Crippen molar-refractivity contribution in [3.8, 4) is 5.88 Å². The Labute approximate surface area is 128 Å². The molecule has 1 heterocycles. The van der Waals surface area contributed by atoms with Crippen molar-refractivity contribution in [2.45, 2.75) is 58.9 Å². The molecule has 4 nitrogen and oxygen atoms in total. The van der Waals surface area contributed by atoms with E-state index < -0.39 is 0 Å². The van der Waals surface area contributed by atoms with Crippen molar-refractivity contribution in [2.24, 2.45) is 11.3 Å². The van der Waals surface area contributed by atoms with E-state index in [-0.39, 0.29) is 6.04 Å². The number of rotatable bonds is 6. The van der Waals surface area contributed by atoms with E-state index in [1.54, 1.807) is 19.5 Å². The molecule has 0 bridgehead atoms. The van der Waals surface area contributed by atoms with Gasteiger partial charge < -0.3 is 10.1 Å². The van der Waals surface area contributed by atoms with E-state index in [0.29, 0.717) is 17.2 Å². The average molecular weight is 291 g/mol. The first-order valence-corrected chi connectivity index (χ1v) is 8.15. The molecular weight excluding hydrogens is 262 g/mol. The lowest BCUT2D eigenvalue weighted by Gasteiger charge is -2.38. The van der Waals surface area contributed by atoms with Gasteiger partial charge in [0.25, 0.3) is 0 Å². The van der Waals surface area contributed by atoms with Crippen LogP contribution in [-0.4, -0.2) is 23.6 Å². The zero-order chi connectivity index (χ0) is 15.3. The van der Waals surface area contributed by atoms with Crippen LogP contribution in [0.1, 0.15) is 64.6 Å². The van der Waals surface area contributed by atoms with E-state index in [2.05, 4.69) is 36.1 Å². The molecule has 2 rings (SSSR count). The molecule has 0 aliphatic heterocycles. The summed E-state index contributed by atoms with van der Waals surface area (Å²) in [5.74, 6) is 1.28. The summed E-state index contributed by atoms with van der Waals surface area (Å²) in [6.07, 6.45) is 9.64. The second-order valence-electron chi connectivity index (χ2n) is 6.88. The molecule has 1 atom stereocenters. The highest BCUT2D eigenvalue weighted by molar-refractivity contribution is 5.22. The van der Waals surface area contributed by atoms with Crippen LogP contribution in [0, 0.1) is 11.3 Å². The van der Waals surface area contributed by atoms with Crippen molar-refractivity contribution >= 4 is 0 Å². The smallest absolute Gasteiger partial charge is 0.237 e. The van der Waals surface area contributed by atoms with E-state index >= 15 is 0 Å². The first-order valence-electron chi connectivity index (χ1n) is 8.15. The molecule has 0 spiro atoms. The molecule has 1 N–H and O–H groups in total. The Hall–Kier alpha value is -1.16. The van der Waals surface area contributed by atoms with E-state index in [4.69, 9.17) is 4.74 Å². The lowest BCUT2D eigenvalue weighted by Crippen LogP contribution is -2.34. The molecule has 0 amide bonds. The van der Waals surface area contributed by atoms with Gasteiger partial charge in [-0.3, -0.25) is 4.98 Å². The second kappa shape index (κ2) is 7.21. The number of aromatic nitrogens is 2. The number of ether oxygens (including phenoxy) is 1. The van der Waals surface area contributed by atoms with Crippen molar-refractivity contribution in [1.29, 1.82) is 0 Å². The van der Waals surface area contributed by atoms with Gasteiger partial charge in [0, 0.05) is 12.4 Å². The lowest BCUT2D eigenvalue weighted by atomic mass is 9.70. The Balaban J connectivity index is 2.18. The normalized spacial score (nSPS) is 20.2. The number of nitrogens with zero attached hydrogens (tertiary/aromatic N) is 2. The third kappa shape index (κ3) is 4.16. The highest BCUT2D eigenvalue weighted by Crippen LogP contribution is 2.43. The maximum atomic E-state index is 5.42. The third-order valence-corrected chi connectivity index (χ3v) is 4.65. The predicted octanol–water partition coefficient (Wildman–Crippen LogP) is 3.74. The number of hydrogen-bond acceptors (Lipinski definition) is 4. The third-order valence-electron chi connectivity index (χ3n) is 4.65. The summed E-state index contributed by atoms with van der Waals surface area (Å²) >= 11 is 0. The van der Waals surface area contributed by atoms with Gasteiger partial charge in [0.15, 0.2) is 0 Å². The van der Waals surface area contributed by atoms with Gasteiger partial charge in [-0.2, -0.15) is 0 Å². The molecular formula is C17H29N3O. The van der Waals surface area contributed by atoms with Crippen LogP contribution in [0.25, 0.3) is 0 Å². The Bertz CT molecular complexity index is 437. The van der Waals surface area contributed by atoms with Crippen molar-refractivity contribution in [1.82, 2.24) is 15.3 Å². The van der Waals surface area contributed by atoms with Crippen LogP contribution in [-0.2, 0) is 0 Å². The fraction of sp³-hybridized carbons (Fsp3) is 0.765. The molecule has 4 heteroatoms. The van der Waals surface area contributed by atoms with E-state index in [1.807, 2.05) is 0 Å². The largest absolute Gasteiger partial charge is 0.480 e. The van der Waals surface area contributed by atoms with Crippen molar-refractivity contribution in [3.63, 3.8) is 0 Å². The lowest BCUT2D eigenvalue weighted by molar-refractivity contribution is 0.158. The van der Waals surface area contributed by atoms with Gasteiger partial charge >= 0.3 is 0 Å².